The number of hydrogen-bond donors (Lipinski definition) is 2. The number of fused-ring (bicyclic) bond motifs is 1. The van der Waals surface area contributed by atoms with E-state index in [9.17, 15) is 9.90 Å². The van der Waals surface area contributed by atoms with Gasteiger partial charge in [-0.15, -0.1) is 11.6 Å². The summed E-state index contributed by atoms with van der Waals surface area (Å²) in [7, 11) is 0. The van der Waals surface area contributed by atoms with Gasteiger partial charge in [-0.25, -0.2) is 4.98 Å². The minimum Gasteiger partial charge on any atom is -0.510 e. The lowest BCUT2D eigenvalue weighted by Gasteiger charge is -2.03. The standard InChI is InChI=1S/C12H7BrClN3O2/c13-6-1-2-7-9(3-6)16-11(17-12(7)19)8(5-15)10(18)4-14/h1-3,18H,4H2,(H,16,17,19). The number of aromatic amines is 1. The van der Waals surface area contributed by atoms with Gasteiger partial charge in [-0.05, 0) is 18.2 Å². The Balaban J connectivity index is 2.77. The third-order valence-electron chi connectivity index (χ3n) is 2.43. The van der Waals surface area contributed by atoms with Crippen molar-refractivity contribution in [3.05, 3.63) is 44.6 Å². The van der Waals surface area contributed by atoms with Crippen LogP contribution in [0, 0.1) is 11.3 Å². The molecule has 1 aromatic heterocycles. The number of benzene rings is 1. The van der Waals surface area contributed by atoms with E-state index in [4.69, 9.17) is 16.9 Å². The Morgan fingerprint density at radius 3 is 2.95 bits per heavy atom. The predicted molar refractivity (Wildman–Crippen MR) is 75.9 cm³/mol. The second kappa shape index (κ2) is 5.43. The maximum Gasteiger partial charge on any atom is 0.259 e. The van der Waals surface area contributed by atoms with Crippen LogP contribution in [-0.2, 0) is 0 Å². The molecule has 0 radical (unpaired) electrons. The van der Waals surface area contributed by atoms with Gasteiger partial charge < -0.3 is 10.1 Å². The normalized spacial score (nSPS) is 12.1. The van der Waals surface area contributed by atoms with E-state index in [-0.39, 0.29) is 28.6 Å². The molecule has 0 aliphatic heterocycles. The van der Waals surface area contributed by atoms with Crippen LogP contribution in [0.5, 0.6) is 0 Å². The van der Waals surface area contributed by atoms with E-state index in [1.807, 2.05) is 0 Å². The van der Waals surface area contributed by atoms with Gasteiger partial charge >= 0.3 is 0 Å². The fourth-order valence-electron chi connectivity index (χ4n) is 1.55. The third kappa shape index (κ3) is 2.62. The Kier molecular flexibility index (Phi) is 3.88. The van der Waals surface area contributed by atoms with Crippen LogP contribution >= 0.6 is 27.5 Å². The minimum absolute atomic E-state index is 0.00347. The minimum atomic E-state index is -0.386. The maximum absolute atomic E-state index is 11.9. The number of nitrogens with zero attached hydrogens (tertiary/aromatic N) is 2. The summed E-state index contributed by atoms with van der Waals surface area (Å²) in [5.41, 5.74) is -0.111. The summed E-state index contributed by atoms with van der Waals surface area (Å²) in [6, 6.07) is 6.77. The lowest BCUT2D eigenvalue weighted by molar-refractivity contribution is 0.419. The summed E-state index contributed by atoms with van der Waals surface area (Å²) < 4.78 is 0.758. The topological polar surface area (TPSA) is 89.8 Å². The first-order valence-corrected chi connectivity index (χ1v) is 6.47. The fraction of sp³-hybridized carbons (Fsp3) is 0.0833. The molecule has 7 heteroatoms. The number of H-pyrrole nitrogens is 1. The molecule has 0 saturated carbocycles. The summed E-state index contributed by atoms with van der Waals surface area (Å²) in [5, 5.41) is 18.9. The Morgan fingerprint density at radius 2 is 2.32 bits per heavy atom. The van der Waals surface area contributed by atoms with Crippen LogP contribution in [0.15, 0.2) is 33.2 Å². The number of alkyl halides is 1. The number of rotatable bonds is 2. The number of nitriles is 1. The van der Waals surface area contributed by atoms with Crippen molar-refractivity contribution < 1.29 is 5.11 Å². The van der Waals surface area contributed by atoms with Crippen molar-refractivity contribution >= 4 is 44.0 Å². The first-order valence-electron chi connectivity index (χ1n) is 5.15. The van der Waals surface area contributed by atoms with Gasteiger partial charge in [0.05, 0.1) is 16.8 Å². The zero-order valence-electron chi connectivity index (χ0n) is 9.44. The first-order chi connectivity index (χ1) is 9.06. The average molecular weight is 341 g/mol. The van der Waals surface area contributed by atoms with Crippen LogP contribution in [0.2, 0.25) is 0 Å². The third-order valence-corrected chi connectivity index (χ3v) is 3.18. The molecule has 2 N–H and O–H groups in total. The van der Waals surface area contributed by atoms with E-state index < -0.39 is 0 Å². The molecule has 0 aliphatic rings. The van der Waals surface area contributed by atoms with Crippen LogP contribution in [0.25, 0.3) is 16.5 Å². The summed E-state index contributed by atoms with van der Waals surface area (Å²) in [6.45, 7) is 0. The fourth-order valence-corrected chi connectivity index (χ4v) is 2.03. The number of nitrogens with one attached hydrogen (secondary N) is 1. The lowest BCUT2D eigenvalue weighted by atomic mass is 10.2. The molecule has 19 heavy (non-hydrogen) atoms. The van der Waals surface area contributed by atoms with Gasteiger partial charge in [0.25, 0.3) is 5.56 Å². The molecule has 1 heterocycles. The molecule has 2 rings (SSSR count). The SMILES string of the molecule is N#CC(=C(O)CCl)c1nc2cc(Br)ccc2c(=O)[nH]1. The van der Waals surface area contributed by atoms with Gasteiger partial charge in [0, 0.05) is 4.47 Å². The zero-order valence-corrected chi connectivity index (χ0v) is 11.8. The van der Waals surface area contributed by atoms with Crippen LogP contribution in [0.3, 0.4) is 0 Å². The highest BCUT2D eigenvalue weighted by Gasteiger charge is 2.12. The number of allylic oxidation sites excluding steroid dienone is 2. The summed E-state index contributed by atoms with van der Waals surface area (Å²) in [6.07, 6.45) is 0. The highest BCUT2D eigenvalue weighted by Crippen LogP contribution is 2.18. The molecule has 0 saturated heterocycles. The molecule has 1 aromatic carbocycles. The molecule has 0 aliphatic carbocycles. The molecular weight excluding hydrogens is 334 g/mol. The molecule has 2 aromatic rings. The molecule has 0 amide bonds. The van der Waals surface area contributed by atoms with Crippen molar-refractivity contribution in [3.8, 4) is 6.07 Å². The summed E-state index contributed by atoms with van der Waals surface area (Å²) in [4.78, 5) is 18.5. The van der Waals surface area contributed by atoms with Crippen LogP contribution in [0.4, 0.5) is 0 Å². The molecule has 0 unspecified atom stereocenters. The van der Waals surface area contributed by atoms with Gasteiger partial charge in [0.2, 0.25) is 0 Å². The Morgan fingerprint density at radius 1 is 1.58 bits per heavy atom. The average Bonchev–Trinajstić information content (AvgIpc) is 2.38. The maximum atomic E-state index is 11.9. The smallest absolute Gasteiger partial charge is 0.259 e. The van der Waals surface area contributed by atoms with Crippen LogP contribution in [-0.4, -0.2) is 21.0 Å². The van der Waals surface area contributed by atoms with Crippen LogP contribution < -0.4 is 5.56 Å². The number of aliphatic hydroxyl groups excluding tert-OH is 1. The lowest BCUT2D eigenvalue weighted by Crippen LogP contribution is -2.12. The van der Waals surface area contributed by atoms with E-state index in [0.717, 1.165) is 4.47 Å². The van der Waals surface area contributed by atoms with Gasteiger partial charge in [-0.3, -0.25) is 4.79 Å². The summed E-state index contributed by atoms with van der Waals surface area (Å²) in [5.74, 6) is -0.568. The summed E-state index contributed by atoms with van der Waals surface area (Å²) >= 11 is 8.75. The highest BCUT2D eigenvalue weighted by molar-refractivity contribution is 9.10. The predicted octanol–water partition coefficient (Wildman–Crippen LogP) is 2.72. The van der Waals surface area contributed by atoms with E-state index in [1.54, 1.807) is 24.3 Å². The largest absolute Gasteiger partial charge is 0.510 e. The van der Waals surface area contributed by atoms with Crippen molar-refractivity contribution in [1.82, 2.24) is 9.97 Å². The van der Waals surface area contributed by atoms with Gasteiger partial charge in [0.15, 0.2) is 5.82 Å². The second-order valence-corrected chi connectivity index (χ2v) is 4.83. The van der Waals surface area contributed by atoms with Crippen molar-refractivity contribution in [1.29, 1.82) is 5.26 Å². The van der Waals surface area contributed by atoms with Gasteiger partial charge in [-0.1, -0.05) is 15.9 Å². The Bertz CT molecular complexity index is 777. The van der Waals surface area contributed by atoms with E-state index in [0.29, 0.717) is 10.9 Å². The Hall–Kier alpha value is -1.84. The van der Waals surface area contributed by atoms with Crippen molar-refractivity contribution in [3.63, 3.8) is 0 Å². The van der Waals surface area contributed by atoms with Crippen molar-refractivity contribution in [2.75, 3.05) is 5.88 Å². The molecular formula is C12H7BrClN3O2. The van der Waals surface area contributed by atoms with E-state index in [1.165, 1.54) is 0 Å². The molecule has 0 spiro atoms. The van der Waals surface area contributed by atoms with E-state index >= 15 is 0 Å². The first kappa shape index (κ1) is 13.6. The van der Waals surface area contributed by atoms with E-state index in [2.05, 4.69) is 25.9 Å². The number of aliphatic hydroxyl groups is 1. The van der Waals surface area contributed by atoms with Gasteiger partial charge in [-0.2, -0.15) is 5.26 Å². The van der Waals surface area contributed by atoms with Crippen molar-refractivity contribution in [2.24, 2.45) is 0 Å². The number of halogens is 2. The quantitative estimate of drug-likeness (QED) is 0.500. The van der Waals surface area contributed by atoms with Gasteiger partial charge in [0.1, 0.15) is 17.4 Å². The zero-order chi connectivity index (χ0) is 14.0. The van der Waals surface area contributed by atoms with Crippen molar-refractivity contribution in [2.45, 2.75) is 0 Å². The monoisotopic (exact) mass is 339 g/mol. The molecule has 96 valence electrons. The number of aromatic nitrogens is 2. The Labute approximate surface area is 121 Å². The van der Waals surface area contributed by atoms with Crippen LogP contribution in [0.1, 0.15) is 5.82 Å². The molecule has 0 bridgehead atoms. The molecule has 0 fully saturated rings. The second-order valence-electron chi connectivity index (χ2n) is 3.64. The molecule has 0 atom stereocenters. The number of hydrogen-bond acceptors (Lipinski definition) is 4. The molecule has 5 nitrogen and oxygen atoms in total. The highest BCUT2D eigenvalue weighted by atomic mass is 79.9.